The zero-order valence-electron chi connectivity index (χ0n) is 22.6. The summed E-state index contributed by atoms with van der Waals surface area (Å²) in [6.07, 6.45) is 6.03. The number of amides is 2. The molecule has 0 bridgehead atoms. The second-order valence-electron chi connectivity index (χ2n) is 9.37. The smallest absolute Gasteiger partial charge is 0.410 e. The molecule has 0 saturated heterocycles. The van der Waals surface area contributed by atoms with Gasteiger partial charge in [0.05, 0.1) is 19.1 Å². The van der Waals surface area contributed by atoms with Crippen LogP contribution >= 0.6 is 0 Å². The number of ether oxygens (including phenoxy) is 1. The van der Waals surface area contributed by atoms with Crippen molar-refractivity contribution in [2.45, 2.75) is 58.6 Å². The average molecular weight is 540 g/mol. The zero-order chi connectivity index (χ0) is 28.5. The number of allylic oxidation sites excluding steroid dienone is 2. The van der Waals surface area contributed by atoms with Crippen molar-refractivity contribution in [2.75, 3.05) is 19.4 Å². The summed E-state index contributed by atoms with van der Waals surface area (Å²) in [7, 11) is 2.97. The second-order valence-corrected chi connectivity index (χ2v) is 9.37. The van der Waals surface area contributed by atoms with Gasteiger partial charge in [-0.25, -0.2) is 14.2 Å². The molecule has 39 heavy (non-hydrogen) atoms. The third kappa shape index (κ3) is 7.86. The van der Waals surface area contributed by atoms with Gasteiger partial charge in [-0.05, 0) is 49.1 Å². The van der Waals surface area contributed by atoms with Gasteiger partial charge in [-0.2, -0.15) is 0 Å². The fourth-order valence-corrected chi connectivity index (χ4v) is 3.99. The summed E-state index contributed by atoms with van der Waals surface area (Å²) in [6.45, 7) is 3.87. The van der Waals surface area contributed by atoms with E-state index in [4.69, 9.17) is 4.74 Å². The Kier molecular flexibility index (Phi) is 10.1. The van der Waals surface area contributed by atoms with Crippen LogP contribution in [0.5, 0.6) is 0 Å². The lowest BCUT2D eigenvalue weighted by Gasteiger charge is -2.19. The van der Waals surface area contributed by atoms with E-state index in [1.54, 1.807) is 19.1 Å². The summed E-state index contributed by atoms with van der Waals surface area (Å²) in [4.78, 5) is 58.3. The van der Waals surface area contributed by atoms with Gasteiger partial charge in [0, 0.05) is 37.1 Å². The molecule has 0 unspecified atom stereocenters. The highest BCUT2D eigenvalue weighted by Crippen LogP contribution is 2.23. The number of fused-ring (bicyclic) bond motifs is 1. The lowest BCUT2D eigenvalue weighted by Crippen LogP contribution is -2.37. The van der Waals surface area contributed by atoms with Gasteiger partial charge in [-0.1, -0.05) is 26.3 Å². The molecule has 0 aliphatic rings. The predicted octanol–water partition coefficient (Wildman–Crippen LogP) is 4.19. The molecule has 3 rings (SSSR count). The number of hydrogen-bond donors (Lipinski definition) is 2. The van der Waals surface area contributed by atoms with E-state index in [0.717, 1.165) is 17.5 Å². The molecule has 11 heteroatoms. The fourth-order valence-electron chi connectivity index (χ4n) is 3.99. The SMILES string of the molecule is CCCc1cc(F)cc2cc(Cn3cncc(NC(=O)[C@H](CC/C=C/C(=O)CC)OC(=O)N(C)C)c3=O)[nH]c12. The lowest BCUT2D eigenvalue weighted by atomic mass is 10.1. The minimum absolute atomic E-state index is 0.0566. The van der Waals surface area contributed by atoms with Gasteiger partial charge in [0.15, 0.2) is 11.9 Å². The number of aromatic amines is 1. The molecule has 0 spiro atoms. The first-order valence-corrected chi connectivity index (χ1v) is 12.9. The zero-order valence-corrected chi connectivity index (χ0v) is 22.6. The highest BCUT2D eigenvalue weighted by Gasteiger charge is 2.24. The summed E-state index contributed by atoms with van der Waals surface area (Å²) in [5.41, 5.74) is 1.75. The number of carbonyl (C=O) groups is 3. The van der Waals surface area contributed by atoms with Gasteiger partial charge in [-0.3, -0.25) is 19.0 Å². The van der Waals surface area contributed by atoms with E-state index in [1.807, 2.05) is 6.92 Å². The van der Waals surface area contributed by atoms with Crippen molar-refractivity contribution in [3.05, 3.63) is 70.3 Å². The van der Waals surface area contributed by atoms with Crippen LogP contribution in [0.4, 0.5) is 14.9 Å². The van der Waals surface area contributed by atoms with Crippen molar-refractivity contribution >= 4 is 34.4 Å². The number of rotatable bonds is 12. The molecule has 0 fully saturated rings. The van der Waals surface area contributed by atoms with E-state index >= 15 is 0 Å². The molecule has 1 aromatic carbocycles. The average Bonchev–Trinajstić information content (AvgIpc) is 3.30. The molecule has 3 aromatic rings. The van der Waals surface area contributed by atoms with Crippen LogP contribution in [0.1, 0.15) is 50.8 Å². The second kappa shape index (κ2) is 13.5. The maximum absolute atomic E-state index is 14.1. The van der Waals surface area contributed by atoms with Crippen molar-refractivity contribution in [3.63, 3.8) is 0 Å². The number of ketones is 1. The molecule has 0 radical (unpaired) electrons. The van der Waals surface area contributed by atoms with E-state index in [2.05, 4.69) is 15.3 Å². The molecular formula is C28H34FN5O5. The number of nitrogens with one attached hydrogen (secondary N) is 2. The Morgan fingerprint density at radius 1 is 1.23 bits per heavy atom. The Balaban J connectivity index is 1.79. The summed E-state index contributed by atoms with van der Waals surface area (Å²) >= 11 is 0. The molecule has 0 saturated carbocycles. The highest BCUT2D eigenvalue weighted by molar-refractivity contribution is 5.95. The molecule has 2 N–H and O–H groups in total. The van der Waals surface area contributed by atoms with Gasteiger partial charge < -0.3 is 19.9 Å². The van der Waals surface area contributed by atoms with Gasteiger partial charge in [0.2, 0.25) is 0 Å². The quantitative estimate of drug-likeness (QED) is 0.333. The number of nitrogens with zero attached hydrogens (tertiary/aromatic N) is 3. The van der Waals surface area contributed by atoms with Crippen LogP contribution in [0.2, 0.25) is 0 Å². The largest absolute Gasteiger partial charge is 0.436 e. The van der Waals surface area contributed by atoms with E-state index in [1.165, 1.54) is 54.3 Å². The number of halogens is 1. The van der Waals surface area contributed by atoms with E-state index in [-0.39, 0.29) is 30.3 Å². The highest BCUT2D eigenvalue weighted by atomic mass is 19.1. The van der Waals surface area contributed by atoms with Crippen LogP contribution in [0.15, 0.2) is 47.7 Å². The number of carbonyl (C=O) groups excluding carboxylic acids is 3. The maximum atomic E-state index is 14.1. The Morgan fingerprint density at radius 3 is 2.69 bits per heavy atom. The van der Waals surface area contributed by atoms with Gasteiger partial charge >= 0.3 is 6.09 Å². The summed E-state index contributed by atoms with van der Waals surface area (Å²) < 4.78 is 20.7. The molecule has 2 aromatic heterocycles. The molecular weight excluding hydrogens is 505 g/mol. The van der Waals surface area contributed by atoms with Crippen LogP contribution in [0.25, 0.3) is 10.9 Å². The first-order valence-electron chi connectivity index (χ1n) is 12.9. The third-order valence-corrected chi connectivity index (χ3v) is 6.00. The topological polar surface area (TPSA) is 126 Å². The molecule has 1 atom stereocenters. The van der Waals surface area contributed by atoms with E-state index < -0.39 is 23.7 Å². The molecule has 0 aliphatic carbocycles. The first kappa shape index (κ1) is 29.3. The Labute approximate surface area is 225 Å². The standard InChI is InChI=1S/C28H34FN5O5/c1-5-9-18-12-20(29)13-19-14-21(31-25(18)19)16-34-17-30-15-23(27(34)37)32-26(36)24(39-28(38)33(3)4)11-8-7-10-22(35)6-2/h7,10,12-15,17,24,31H,5-6,8-9,11,16H2,1-4H3,(H,32,36)/b10-7+/t24-/m0/s1. The van der Waals surface area contributed by atoms with Crippen LogP contribution in [-0.2, 0) is 27.3 Å². The normalized spacial score (nSPS) is 12.0. The van der Waals surface area contributed by atoms with Crippen molar-refractivity contribution in [3.8, 4) is 0 Å². The van der Waals surface area contributed by atoms with Crippen LogP contribution in [0, 0.1) is 5.82 Å². The Hall–Kier alpha value is -4.28. The monoisotopic (exact) mass is 539 g/mol. The molecule has 0 aliphatic heterocycles. The van der Waals surface area contributed by atoms with Gasteiger partial charge in [0.25, 0.3) is 11.5 Å². The minimum Gasteiger partial charge on any atom is -0.436 e. The van der Waals surface area contributed by atoms with Crippen LogP contribution in [-0.4, -0.2) is 57.4 Å². The number of aryl methyl sites for hydroxylation is 1. The maximum Gasteiger partial charge on any atom is 0.410 e. The minimum atomic E-state index is -1.20. The third-order valence-electron chi connectivity index (χ3n) is 6.00. The number of aromatic nitrogens is 3. The summed E-state index contributed by atoms with van der Waals surface area (Å²) in [5.74, 6) is -1.07. The first-order chi connectivity index (χ1) is 18.6. The molecule has 2 amide bonds. The summed E-state index contributed by atoms with van der Waals surface area (Å²) in [5, 5.41) is 3.23. The number of anilines is 1. The fraction of sp³-hybridized carbons (Fsp3) is 0.393. The lowest BCUT2D eigenvalue weighted by molar-refractivity contribution is -0.125. The number of benzene rings is 1. The molecule has 10 nitrogen and oxygen atoms in total. The number of hydrogen-bond acceptors (Lipinski definition) is 6. The van der Waals surface area contributed by atoms with Crippen LogP contribution in [0.3, 0.4) is 0 Å². The summed E-state index contributed by atoms with van der Waals surface area (Å²) in [6, 6.07) is 4.73. The Morgan fingerprint density at radius 2 is 2.00 bits per heavy atom. The molecule has 208 valence electrons. The van der Waals surface area contributed by atoms with Gasteiger partial charge in [-0.15, -0.1) is 0 Å². The van der Waals surface area contributed by atoms with Gasteiger partial charge in [0.1, 0.15) is 11.5 Å². The van der Waals surface area contributed by atoms with Crippen molar-refractivity contribution in [2.24, 2.45) is 0 Å². The Bertz CT molecular complexity index is 1430. The van der Waals surface area contributed by atoms with Crippen LogP contribution < -0.4 is 10.9 Å². The number of H-pyrrole nitrogens is 1. The van der Waals surface area contributed by atoms with E-state index in [0.29, 0.717) is 30.3 Å². The van der Waals surface area contributed by atoms with Crippen molar-refractivity contribution in [1.29, 1.82) is 0 Å². The molecule has 2 heterocycles. The van der Waals surface area contributed by atoms with E-state index in [9.17, 15) is 23.6 Å². The van der Waals surface area contributed by atoms with Crippen molar-refractivity contribution in [1.82, 2.24) is 19.4 Å². The predicted molar refractivity (Wildman–Crippen MR) is 146 cm³/mol. The van der Waals surface area contributed by atoms with Crippen molar-refractivity contribution < 1.29 is 23.5 Å².